The molecule has 0 spiro atoms. The number of para-hydroxylation sites is 1. The van der Waals surface area contributed by atoms with E-state index in [9.17, 15) is 14.0 Å². The molecule has 1 aliphatic carbocycles. The number of carbonyl (C=O) groups is 2. The van der Waals surface area contributed by atoms with Gasteiger partial charge in [0.05, 0.1) is 12.5 Å². The van der Waals surface area contributed by atoms with Crippen LogP contribution in [0.25, 0.3) is 0 Å². The lowest BCUT2D eigenvalue weighted by Crippen LogP contribution is -2.33. The monoisotopic (exact) mass is 309 g/mol. The van der Waals surface area contributed by atoms with Gasteiger partial charge < -0.3 is 15.2 Å². The highest BCUT2D eigenvalue weighted by molar-refractivity contribution is 5.76. The zero-order valence-corrected chi connectivity index (χ0v) is 12.3. The van der Waals surface area contributed by atoms with Crippen molar-refractivity contribution in [3.05, 3.63) is 30.1 Å². The number of ether oxygens (including phenoxy) is 1. The summed E-state index contributed by atoms with van der Waals surface area (Å²) in [5.74, 6) is -1.50. The summed E-state index contributed by atoms with van der Waals surface area (Å²) in [5.41, 5.74) is 0. The maximum absolute atomic E-state index is 13.3. The normalized spacial score (nSPS) is 20.6. The average Bonchev–Trinajstić information content (AvgIpc) is 2.94. The number of carbonyl (C=O) groups excluding carboxylic acids is 1. The first-order valence-corrected chi connectivity index (χ1v) is 7.45. The molecule has 1 aromatic rings. The summed E-state index contributed by atoms with van der Waals surface area (Å²) < 4.78 is 18.6. The average molecular weight is 309 g/mol. The lowest BCUT2D eigenvalue weighted by molar-refractivity contribution is -0.141. The fourth-order valence-electron chi connectivity index (χ4n) is 2.61. The van der Waals surface area contributed by atoms with E-state index in [0.29, 0.717) is 25.7 Å². The van der Waals surface area contributed by atoms with Crippen LogP contribution in [0.2, 0.25) is 0 Å². The van der Waals surface area contributed by atoms with Gasteiger partial charge >= 0.3 is 5.97 Å². The number of hydrogen-bond acceptors (Lipinski definition) is 3. The van der Waals surface area contributed by atoms with Gasteiger partial charge in [-0.3, -0.25) is 9.59 Å². The number of carboxylic acids is 1. The first-order valence-electron chi connectivity index (χ1n) is 7.45. The molecule has 0 aliphatic heterocycles. The van der Waals surface area contributed by atoms with Gasteiger partial charge in [-0.15, -0.1) is 0 Å². The number of aliphatic carboxylic acids is 1. The molecule has 5 nitrogen and oxygen atoms in total. The molecular weight excluding hydrogens is 289 g/mol. The second kappa shape index (κ2) is 7.77. The molecule has 0 aromatic heterocycles. The van der Waals surface area contributed by atoms with E-state index >= 15 is 0 Å². The van der Waals surface area contributed by atoms with Gasteiger partial charge in [-0.1, -0.05) is 12.1 Å². The first-order chi connectivity index (χ1) is 10.6. The molecule has 1 fully saturated rings. The number of benzene rings is 1. The molecule has 0 radical (unpaired) electrons. The Bertz CT molecular complexity index is 535. The number of halogens is 1. The van der Waals surface area contributed by atoms with Crippen LogP contribution in [-0.2, 0) is 9.59 Å². The maximum atomic E-state index is 13.3. The van der Waals surface area contributed by atoms with Gasteiger partial charge in [-0.25, -0.2) is 4.39 Å². The number of nitrogens with one attached hydrogen (secondary N) is 1. The van der Waals surface area contributed by atoms with Crippen LogP contribution < -0.4 is 10.1 Å². The molecule has 22 heavy (non-hydrogen) atoms. The molecule has 120 valence electrons. The molecule has 0 heterocycles. The van der Waals surface area contributed by atoms with E-state index in [1.54, 1.807) is 18.2 Å². The largest absolute Gasteiger partial charge is 0.491 e. The van der Waals surface area contributed by atoms with Gasteiger partial charge in [0, 0.05) is 12.5 Å². The molecule has 0 saturated heterocycles. The van der Waals surface area contributed by atoms with Gasteiger partial charge in [0.1, 0.15) is 0 Å². The Morgan fingerprint density at radius 1 is 1.32 bits per heavy atom. The fraction of sp³-hybridized carbons (Fsp3) is 0.500. The number of hydrogen-bond donors (Lipinski definition) is 2. The maximum Gasteiger partial charge on any atom is 0.306 e. The van der Waals surface area contributed by atoms with E-state index in [1.165, 1.54) is 6.07 Å². The van der Waals surface area contributed by atoms with Crippen molar-refractivity contribution < 1.29 is 23.8 Å². The van der Waals surface area contributed by atoms with Crippen LogP contribution in [0.1, 0.15) is 32.1 Å². The van der Waals surface area contributed by atoms with E-state index in [-0.39, 0.29) is 36.6 Å². The highest BCUT2D eigenvalue weighted by atomic mass is 19.1. The van der Waals surface area contributed by atoms with Crippen LogP contribution in [0.3, 0.4) is 0 Å². The Hall–Kier alpha value is -2.11. The minimum atomic E-state index is -0.796. The zero-order chi connectivity index (χ0) is 15.9. The Labute approximate surface area is 128 Å². The van der Waals surface area contributed by atoms with Crippen molar-refractivity contribution in [2.75, 3.05) is 6.61 Å². The summed E-state index contributed by atoms with van der Waals surface area (Å²) in [6.07, 6.45) is 2.57. The molecule has 1 aromatic carbocycles. The third kappa shape index (κ3) is 4.72. The number of amides is 1. The Morgan fingerprint density at radius 2 is 2.09 bits per heavy atom. The van der Waals surface area contributed by atoms with E-state index in [2.05, 4.69) is 5.32 Å². The predicted octanol–water partition coefficient (Wildman–Crippen LogP) is 2.35. The molecule has 1 amide bonds. The summed E-state index contributed by atoms with van der Waals surface area (Å²) in [6.45, 7) is 0.261. The van der Waals surface area contributed by atoms with E-state index in [4.69, 9.17) is 9.84 Å². The van der Waals surface area contributed by atoms with Gasteiger partial charge in [0.25, 0.3) is 0 Å². The van der Waals surface area contributed by atoms with Crippen molar-refractivity contribution in [3.63, 3.8) is 0 Å². The van der Waals surface area contributed by atoms with Gasteiger partial charge in [0.2, 0.25) is 5.91 Å². The van der Waals surface area contributed by atoms with Crippen LogP contribution in [0, 0.1) is 11.7 Å². The molecule has 2 atom stereocenters. The zero-order valence-electron chi connectivity index (χ0n) is 12.3. The third-order valence-corrected chi connectivity index (χ3v) is 3.79. The standard InChI is InChI=1S/C16H20FNO4/c17-13-4-1-2-5-14(13)22-9-3-6-15(19)18-12-8-7-11(10-12)16(20)21/h1-2,4-5,11-12H,3,6-10H2,(H,18,19)(H,20,21)/t11-,12+/m0/s1. The lowest BCUT2D eigenvalue weighted by Gasteiger charge is -2.12. The summed E-state index contributed by atoms with van der Waals surface area (Å²) in [4.78, 5) is 22.6. The van der Waals surface area contributed by atoms with Crippen molar-refractivity contribution >= 4 is 11.9 Å². The van der Waals surface area contributed by atoms with Crippen molar-refractivity contribution in [1.82, 2.24) is 5.32 Å². The Balaban J connectivity index is 1.62. The van der Waals surface area contributed by atoms with E-state index in [0.717, 1.165) is 0 Å². The van der Waals surface area contributed by atoms with E-state index in [1.807, 2.05) is 0 Å². The summed E-state index contributed by atoms with van der Waals surface area (Å²) in [7, 11) is 0. The Kier molecular flexibility index (Phi) is 5.75. The quantitative estimate of drug-likeness (QED) is 0.758. The summed E-state index contributed by atoms with van der Waals surface area (Å²) in [6, 6.07) is 6.08. The topological polar surface area (TPSA) is 75.6 Å². The van der Waals surface area contributed by atoms with Crippen LogP contribution in [0.5, 0.6) is 5.75 Å². The summed E-state index contributed by atoms with van der Waals surface area (Å²) >= 11 is 0. The van der Waals surface area contributed by atoms with Crippen LogP contribution in [-0.4, -0.2) is 29.6 Å². The van der Waals surface area contributed by atoms with Crippen LogP contribution in [0.15, 0.2) is 24.3 Å². The first kappa shape index (κ1) is 16.3. The van der Waals surface area contributed by atoms with Gasteiger partial charge in [0.15, 0.2) is 11.6 Å². The van der Waals surface area contributed by atoms with Crippen molar-refractivity contribution in [2.45, 2.75) is 38.1 Å². The Morgan fingerprint density at radius 3 is 2.77 bits per heavy atom. The molecule has 1 saturated carbocycles. The molecule has 0 bridgehead atoms. The van der Waals surface area contributed by atoms with Crippen LogP contribution in [0.4, 0.5) is 4.39 Å². The SMILES string of the molecule is O=C(CCCOc1ccccc1F)N[C@@H]1CC[C@H](C(=O)O)C1. The lowest BCUT2D eigenvalue weighted by atomic mass is 10.1. The highest BCUT2D eigenvalue weighted by Gasteiger charge is 2.30. The fourth-order valence-corrected chi connectivity index (χ4v) is 2.61. The minimum absolute atomic E-state index is 0.0545. The molecule has 1 aliphatic rings. The number of carboxylic acid groups (broad SMARTS) is 1. The van der Waals surface area contributed by atoms with Crippen molar-refractivity contribution in [1.29, 1.82) is 0 Å². The molecular formula is C16H20FNO4. The van der Waals surface area contributed by atoms with Crippen LogP contribution >= 0.6 is 0 Å². The predicted molar refractivity (Wildman–Crippen MR) is 78.0 cm³/mol. The molecule has 6 heteroatoms. The van der Waals surface area contributed by atoms with E-state index < -0.39 is 11.8 Å². The second-order valence-electron chi connectivity index (χ2n) is 5.50. The third-order valence-electron chi connectivity index (χ3n) is 3.79. The second-order valence-corrected chi connectivity index (χ2v) is 5.50. The molecule has 2 rings (SSSR count). The molecule has 0 unspecified atom stereocenters. The minimum Gasteiger partial charge on any atom is -0.491 e. The van der Waals surface area contributed by atoms with Gasteiger partial charge in [-0.2, -0.15) is 0 Å². The van der Waals surface area contributed by atoms with Crippen molar-refractivity contribution in [3.8, 4) is 5.75 Å². The number of rotatable bonds is 7. The van der Waals surface area contributed by atoms with Gasteiger partial charge in [-0.05, 0) is 37.8 Å². The molecule has 2 N–H and O–H groups in total. The highest BCUT2D eigenvalue weighted by Crippen LogP contribution is 2.25. The van der Waals surface area contributed by atoms with Crippen molar-refractivity contribution in [2.24, 2.45) is 5.92 Å². The summed E-state index contributed by atoms with van der Waals surface area (Å²) in [5, 5.41) is 11.8. The smallest absolute Gasteiger partial charge is 0.306 e.